The van der Waals surface area contributed by atoms with Crippen LogP contribution in [-0.2, 0) is 19.2 Å². The van der Waals surface area contributed by atoms with Crippen molar-refractivity contribution in [2.45, 2.75) is 50.1 Å². The van der Waals surface area contributed by atoms with E-state index in [0.717, 1.165) is 11.3 Å². The maximum Gasteiger partial charge on any atom is 0.475 e. The molecule has 3 heterocycles. The van der Waals surface area contributed by atoms with Crippen molar-refractivity contribution in [2.75, 3.05) is 19.6 Å². The molecule has 0 radical (unpaired) electrons. The highest BCUT2D eigenvalue weighted by Gasteiger charge is 2.41. The van der Waals surface area contributed by atoms with Gasteiger partial charge in [-0.3, -0.25) is 24.1 Å². The van der Waals surface area contributed by atoms with Crippen LogP contribution in [0.4, 0.5) is 0 Å². The van der Waals surface area contributed by atoms with Gasteiger partial charge in [-0.25, -0.2) is 0 Å². The third-order valence-corrected chi connectivity index (χ3v) is 5.41. The van der Waals surface area contributed by atoms with E-state index in [1.807, 2.05) is 0 Å². The molecule has 28 heavy (non-hydrogen) atoms. The van der Waals surface area contributed by atoms with Crippen molar-refractivity contribution in [1.82, 2.24) is 20.4 Å². The number of imide groups is 1. The van der Waals surface area contributed by atoms with E-state index in [1.165, 1.54) is 17.1 Å². The van der Waals surface area contributed by atoms with E-state index in [9.17, 15) is 29.2 Å². The largest absolute Gasteiger partial charge is 0.475 e. The Labute approximate surface area is 163 Å². The highest BCUT2D eigenvalue weighted by atomic mass is 16.4. The van der Waals surface area contributed by atoms with Gasteiger partial charge >= 0.3 is 7.12 Å². The summed E-state index contributed by atoms with van der Waals surface area (Å²) in [6.45, 7) is 1.15. The molecule has 152 valence electrons. The number of carbonyl (C=O) groups excluding carboxylic acids is 4. The van der Waals surface area contributed by atoms with Crippen molar-refractivity contribution in [3.05, 3.63) is 12.2 Å². The van der Waals surface area contributed by atoms with Gasteiger partial charge in [-0.2, -0.15) is 0 Å². The molecule has 3 rings (SSSR count). The van der Waals surface area contributed by atoms with Crippen LogP contribution in [0.25, 0.3) is 0 Å². The molecule has 0 aromatic rings. The molecule has 11 heteroatoms. The van der Waals surface area contributed by atoms with Gasteiger partial charge in [0.1, 0.15) is 0 Å². The Morgan fingerprint density at radius 1 is 1.25 bits per heavy atom. The zero-order chi connectivity index (χ0) is 20.3. The second-order valence-electron chi connectivity index (χ2n) is 7.38. The van der Waals surface area contributed by atoms with Gasteiger partial charge in [0.05, 0.1) is 12.0 Å². The topological polar surface area (TPSA) is 139 Å². The summed E-state index contributed by atoms with van der Waals surface area (Å²) < 4.78 is 0. The van der Waals surface area contributed by atoms with E-state index >= 15 is 0 Å². The van der Waals surface area contributed by atoms with Crippen molar-refractivity contribution in [3.8, 4) is 0 Å². The normalized spacial score (nSPS) is 27.0. The molecule has 0 aliphatic carbocycles. The van der Waals surface area contributed by atoms with Gasteiger partial charge in [-0.1, -0.05) is 0 Å². The number of rotatable bonds is 7. The van der Waals surface area contributed by atoms with Gasteiger partial charge in [-0.05, 0) is 25.7 Å². The van der Waals surface area contributed by atoms with Crippen LogP contribution in [0.5, 0.6) is 0 Å². The third kappa shape index (κ3) is 4.60. The SMILES string of the molecule is O=C(CCCN1C(=O)C=CC1=O)N[C@H]1CN[C@H](C(=O)N2CCC[C@H]2B(O)O)C1. The van der Waals surface area contributed by atoms with Crippen LogP contribution in [0.2, 0.25) is 0 Å². The summed E-state index contributed by atoms with van der Waals surface area (Å²) in [4.78, 5) is 50.2. The Kier molecular flexibility index (Phi) is 6.48. The summed E-state index contributed by atoms with van der Waals surface area (Å²) in [7, 11) is -1.55. The molecule has 4 N–H and O–H groups in total. The minimum Gasteiger partial charge on any atom is -0.426 e. The fourth-order valence-electron chi connectivity index (χ4n) is 3.96. The molecule has 0 unspecified atom stereocenters. The van der Waals surface area contributed by atoms with Crippen LogP contribution in [0.15, 0.2) is 12.2 Å². The Morgan fingerprint density at radius 3 is 2.64 bits per heavy atom. The molecular formula is C17H25BN4O6. The van der Waals surface area contributed by atoms with Gasteiger partial charge in [-0.15, -0.1) is 0 Å². The maximum absolute atomic E-state index is 12.6. The van der Waals surface area contributed by atoms with Crippen LogP contribution in [0.1, 0.15) is 32.1 Å². The number of nitrogens with one attached hydrogen (secondary N) is 2. The Balaban J connectivity index is 1.39. The van der Waals surface area contributed by atoms with Crippen molar-refractivity contribution in [2.24, 2.45) is 0 Å². The van der Waals surface area contributed by atoms with E-state index in [0.29, 0.717) is 32.4 Å². The Hall–Kier alpha value is -2.24. The number of hydrogen-bond donors (Lipinski definition) is 4. The lowest BCUT2D eigenvalue weighted by atomic mass is 9.77. The molecule has 3 aliphatic heterocycles. The summed E-state index contributed by atoms with van der Waals surface area (Å²) >= 11 is 0. The number of amides is 4. The highest BCUT2D eigenvalue weighted by Crippen LogP contribution is 2.21. The molecule has 0 saturated carbocycles. The standard InChI is InChI=1S/C17H25BN4O6/c23-14(4-2-8-22-15(24)5-6-16(22)25)20-11-9-12(19-10-11)17(26)21-7-1-3-13(21)18(27)28/h5-6,11-13,19,27-28H,1-4,7-10H2,(H,20,23)/t11-,12+,13+/m1/s1. The molecular weight excluding hydrogens is 367 g/mol. The number of nitrogens with zero attached hydrogens (tertiary/aromatic N) is 2. The minimum absolute atomic E-state index is 0.175. The number of likely N-dealkylation sites (tertiary alicyclic amines) is 1. The molecule has 3 atom stereocenters. The lowest BCUT2D eigenvalue weighted by Gasteiger charge is -2.26. The van der Waals surface area contributed by atoms with Crippen LogP contribution in [0, 0.1) is 0 Å². The van der Waals surface area contributed by atoms with Gasteiger partial charge in [0.2, 0.25) is 11.8 Å². The van der Waals surface area contributed by atoms with Crippen molar-refractivity contribution in [1.29, 1.82) is 0 Å². The Morgan fingerprint density at radius 2 is 1.96 bits per heavy atom. The molecule has 4 amide bonds. The van der Waals surface area contributed by atoms with Crippen LogP contribution in [0.3, 0.4) is 0 Å². The van der Waals surface area contributed by atoms with E-state index in [4.69, 9.17) is 0 Å². The molecule has 0 spiro atoms. The molecule has 0 aromatic heterocycles. The van der Waals surface area contributed by atoms with Crippen molar-refractivity contribution >= 4 is 30.7 Å². The summed E-state index contributed by atoms with van der Waals surface area (Å²) in [5.41, 5.74) is 0. The lowest BCUT2D eigenvalue weighted by Crippen LogP contribution is -2.51. The minimum atomic E-state index is -1.55. The predicted octanol–water partition coefficient (Wildman–Crippen LogP) is -2.46. The van der Waals surface area contributed by atoms with Crippen LogP contribution < -0.4 is 10.6 Å². The van der Waals surface area contributed by atoms with Gasteiger partial charge in [0, 0.05) is 44.2 Å². The average molecular weight is 392 g/mol. The number of hydrogen-bond acceptors (Lipinski definition) is 7. The molecule has 2 fully saturated rings. The van der Waals surface area contributed by atoms with E-state index in [-0.39, 0.29) is 42.6 Å². The summed E-state index contributed by atoms with van der Waals surface area (Å²) in [6.07, 6.45) is 4.71. The van der Waals surface area contributed by atoms with Crippen LogP contribution >= 0.6 is 0 Å². The second-order valence-corrected chi connectivity index (χ2v) is 7.38. The second kappa shape index (κ2) is 8.85. The maximum atomic E-state index is 12.6. The zero-order valence-electron chi connectivity index (χ0n) is 15.5. The quantitative estimate of drug-likeness (QED) is 0.278. The van der Waals surface area contributed by atoms with E-state index in [1.54, 1.807) is 0 Å². The fraction of sp³-hybridized carbons (Fsp3) is 0.647. The van der Waals surface area contributed by atoms with Crippen molar-refractivity contribution < 1.29 is 29.2 Å². The molecule has 10 nitrogen and oxygen atoms in total. The zero-order valence-corrected chi connectivity index (χ0v) is 15.5. The fourth-order valence-corrected chi connectivity index (χ4v) is 3.96. The molecule has 2 saturated heterocycles. The first kappa shape index (κ1) is 20.5. The highest BCUT2D eigenvalue weighted by molar-refractivity contribution is 6.43. The first-order chi connectivity index (χ1) is 13.4. The monoisotopic (exact) mass is 392 g/mol. The Bertz CT molecular complexity index is 667. The van der Waals surface area contributed by atoms with Gasteiger partial charge < -0.3 is 25.6 Å². The summed E-state index contributed by atoms with van der Waals surface area (Å²) in [6, 6.07) is -0.658. The van der Waals surface area contributed by atoms with Crippen molar-refractivity contribution in [3.63, 3.8) is 0 Å². The van der Waals surface area contributed by atoms with Gasteiger partial charge in [0.25, 0.3) is 11.8 Å². The number of carbonyl (C=O) groups is 4. The summed E-state index contributed by atoms with van der Waals surface area (Å²) in [5, 5.41) is 24.8. The molecule has 0 aromatic carbocycles. The van der Waals surface area contributed by atoms with Crippen LogP contribution in [-0.4, -0.2) is 88.3 Å². The lowest BCUT2D eigenvalue weighted by molar-refractivity contribution is -0.137. The van der Waals surface area contributed by atoms with Gasteiger partial charge in [0.15, 0.2) is 0 Å². The first-order valence-corrected chi connectivity index (χ1v) is 9.59. The average Bonchev–Trinajstić information content (AvgIpc) is 3.37. The molecule has 0 bridgehead atoms. The molecule has 3 aliphatic rings. The third-order valence-electron chi connectivity index (χ3n) is 5.41. The smallest absolute Gasteiger partial charge is 0.426 e. The van der Waals surface area contributed by atoms with E-state index in [2.05, 4.69) is 10.6 Å². The summed E-state index contributed by atoms with van der Waals surface area (Å²) in [5.74, 6) is -1.67. The first-order valence-electron chi connectivity index (χ1n) is 9.59. The predicted molar refractivity (Wildman–Crippen MR) is 98.4 cm³/mol. The van der Waals surface area contributed by atoms with E-state index < -0.39 is 19.1 Å².